The molecule has 0 unspecified atom stereocenters. The highest BCUT2D eigenvalue weighted by Gasteiger charge is 2.18. The summed E-state index contributed by atoms with van der Waals surface area (Å²) in [5.41, 5.74) is 0.0289. The van der Waals surface area contributed by atoms with Crippen molar-refractivity contribution in [3.05, 3.63) is 34.2 Å². The summed E-state index contributed by atoms with van der Waals surface area (Å²) in [6.07, 6.45) is 3.75. The van der Waals surface area contributed by atoms with Crippen molar-refractivity contribution in [1.82, 2.24) is 15.2 Å². The highest BCUT2D eigenvalue weighted by molar-refractivity contribution is 5.94. The first-order valence-electron chi connectivity index (χ1n) is 7.29. The van der Waals surface area contributed by atoms with E-state index in [-0.39, 0.29) is 23.1 Å². The van der Waals surface area contributed by atoms with Crippen molar-refractivity contribution >= 4 is 5.91 Å². The number of rotatable bonds is 4. The van der Waals surface area contributed by atoms with Gasteiger partial charge < -0.3 is 15.2 Å². The van der Waals surface area contributed by atoms with Gasteiger partial charge in [0.15, 0.2) is 0 Å². The molecule has 110 valence electrons. The number of nitrogens with zero attached hydrogens (tertiary/aromatic N) is 1. The molecule has 20 heavy (non-hydrogen) atoms. The smallest absolute Gasteiger partial charge is 0.263 e. The van der Waals surface area contributed by atoms with Gasteiger partial charge in [-0.05, 0) is 37.4 Å². The predicted molar refractivity (Wildman–Crippen MR) is 78.9 cm³/mol. The van der Waals surface area contributed by atoms with E-state index in [1.807, 2.05) is 13.8 Å². The number of piperidine rings is 1. The summed E-state index contributed by atoms with van der Waals surface area (Å²) in [5.74, 6) is 0.107. The molecule has 2 rings (SSSR count). The van der Waals surface area contributed by atoms with Crippen LogP contribution in [0.1, 0.15) is 37.0 Å². The Morgan fingerprint density at radius 2 is 2.35 bits per heavy atom. The molecule has 5 nitrogen and oxygen atoms in total. The first kappa shape index (κ1) is 14.8. The van der Waals surface area contributed by atoms with Crippen molar-refractivity contribution in [3.8, 4) is 0 Å². The molecule has 0 aromatic carbocycles. The Bertz CT molecular complexity index is 516. The number of hydrogen-bond donors (Lipinski definition) is 2. The standard InChI is InChI=1S/C15H23N3O2/c1-11(2)10-18-8-4-6-13(15(18)20)14(19)17-12-5-3-7-16-9-12/h4,6,8,11-12,16H,3,5,7,9-10H2,1-2H3,(H,17,19)/t12-/m0/s1. The molecule has 0 radical (unpaired) electrons. The van der Waals surface area contributed by atoms with Gasteiger partial charge in [0.1, 0.15) is 5.56 Å². The molecular formula is C15H23N3O2. The molecule has 1 fully saturated rings. The first-order chi connectivity index (χ1) is 9.58. The number of amides is 1. The van der Waals surface area contributed by atoms with Crippen LogP contribution >= 0.6 is 0 Å². The van der Waals surface area contributed by atoms with E-state index in [1.165, 1.54) is 0 Å². The number of hydrogen-bond acceptors (Lipinski definition) is 3. The molecule has 1 atom stereocenters. The Labute approximate surface area is 119 Å². The average molecular weight is 277 g/mol. The number of pyridine rings is 1. The van der Waals surface area contributed by atoms with Gasteiger partial charge in [0, 0.05) is 25.3 Å². The molecule has 1 amide bonds. The van der Waals surface area contributed by atoms with E-state index < -0.39 is 0 Å². The fourth-order valence-electron chi connectivity index (χ4n) is 2.48. The zero-order chi connectivity index (χ0) is 14.5. The van der Waals surface area contributed by atoms with Crippen LogP contribution in [0.2, 0.25) is 0 Å². The largest absolute Gasteiger partial charge is 0.348 e. The minimum Gasteiger partial charge on any atom is -0.348 e. The van der Waals surface area contributed by atoms with Gasteiger partial charge in [0.25, 0.3) is 11.5 Å². The molecule has 1 aromatic rings. The van der Waals surface area contributed by atoms with Crippen LogP contribution in [0.15, 0.2) is 23.1 Å². The van der Waals surface area contributed by atoms with Crippen LogP contribution in [0.3, 0.4) is 0 Å². The van der Waals surface area contributed by atoms with E-state index in [0.29, 0.717) is 12.5 Å². The Balaban J connectivity index is 2.11. The molecule has 0 saturated carbocycles. The number of aromatic nitrogens is 1. The molecule has 1 saturated heterocycles. The van der Waals surface area contributed by atoms with Crippen molar-refractivity contribution in [2.75, 3.05) is 13.1 Å². The maximum atomic E-state index is 12.3. The van der Waals surface area contributed by atoms with Crippen LogP contribution in [-0.4, -0.2) is 29.6 Å². The summed E-state index contributed by atoms with van der Waals surface area (Å²) in [7, 11) is 0. The first-order valence-corrected chi connectivity index (χ1v) is 7.29. The quantitative estimate of drug-likeness (QED) is 0.862. The van der Waals surface area contributed by atoms with E-state index in [2.05, 4.69) is 10.6 Å². The van der Waals surface area contributed by atoms with Crippen LogP contribution in [0.5, 0.6) is 0 Å². The second-order valence-electron chi connectivity index (χ2n) is 5.79. The lowest BCUT2D eigenvalue weighted by atomic mass is 10.1. The third kappa shape index (κ3) is 3.70. The monoisotopic (exact) mass is 277 g/mol. The van der Waals surface area contributed by atoms with E-state index >= 15 is 0 Å². The molecule has 1 aliphatic rings. The summed E-state index contributed by atoms with van der Waals surface area (Å²) in [4.78, 5) is 24.5. The van der Waals surface area contributed by atoms with Gasteiger partial charge in [-0.2, -0.15) is 0 Å². The van der Waals surface area contributed by atoms with E-state index in [1.54, 1.807) is 22.9 Å². The van der Waals surface area contributed by atoms with E-state index in [9.17, 15) is 9.59 Å². The summed E-state index contributed by atoms with van der Waals surface area (Å²) < 4.78 is 1.61. The van der Waals surface area contributed by atoms with Gasteiger partial charge in [-0.25, -0.2) is 0 Å². The van der Waals surface area contributed by atoms with Crippen molar-refractivity contribution < 1.29 is 4.79 Å². The molecule has 0 aliphatic carbocycles. The topological polar surface area (TPSA) is 63.1 Å². The minimum absolute atomic E-state index is 0.120. The lowest BCUT2D eigenvalue weighted by Gasteiger charge is -2.23. The SMILES string of the molecule is CC(C)Cn1cccc(C(=O)N[C@H]2CCCNC2)c1=O. The fourth-order valence-corrected chi connectivity index (χ4v) is 2.48. The van der Waals surface area contributed by atoms with Crippen LogP contribution < -0.4 is 16.2 Å². The molecule has 1 aliphatic heterocycles. The van der Waals surface area contributed by atoms with Gasteiger partial charge in [-0.3, -0.25) is 9.59 Å². The molecule has 0 bridgehead atoms. The average Bonchev–Trinajstić information content (AvgIpc) is 2.41. The summed E-state index contributed by atoms with van der Waals surface area (Å²) in [6.45, 7) is 6.50. The Kier molecular flexibility index (Phi) is 4.95. The highest BCUT2D eigenvalue weighted by Crippen LogP contribution is 2.03. The van der Waals surface area contributed by atoms with Crippen molar-refractivity contribution in [2.24, 2.45) is 5.92 Å². The summed E-state index contributed by atoms with van der Waals surface area (Å²) in [6, 6.07) is 3.48. The number of nitrogens with one attached hydrogen (secondary N) is 2. The van der Waals surface area contributed by atoms with E-state index in [0.717, 1.165) is 25.9 Å². The van der Waals surface area contributed by atoms with Gasteiger partial charge in [0.05, 0.1) is 0 Å². The Hall–Kier alpha value is -1.62. The van der Waals surface area contributed by atoms with Gasteiger partial charge in [-0.1, -0.05) is 13.8 Å². The molecular weight excluding hydrogens is 254 g/mol. The van der Waals surface area contributed by atoms with Crippen LogP contribution in [0, 0.1) is 5.92 Å². The normalized spacial score (nSPS) is 19.1. The highest BCUT2D eigenvalue weighted by atomic mass is 16.2. The molecule has 1 aromatic heterocycles. The third-order valence-corrected chi connectivity index (χ3v) is 3.46. The second-order valence-corrected chi connectivity index (χ2v) is 5.79. The summed E-state index contributed by atoms with van der Waals surface area (Å²) in [5, 5.41) is 6.19. The van der Waals surface area contributed by atoms with Crippen molar-refractivity contribution in [1.29, 1.82) is 0 Å². The molecule has 2 heterocycles. The van der Waals surface area contributed by atoms with Crippen LogP contribution in [0.25, 0.3) is 0 Å². The maximum absolute atomic E-state index is 12.3. The zero-order valence-electron chi connectivity index (χ0n) is 12.2. The third-order valence-electron chi connectivity index (χ3n) is 3.46. The predicted octanol–water partition coefficient (Wildman–Crippen LogP) is 0.986. The molecule has 2 N–H and O–H groups in total. The van der Waals surface area contributed by atoms with Crippen molar-refractivity contribution in [2.45, 2.75) is 39.3 Å². The maximum Gasteiger partial charge on any atom is 0.263 e. The number of carbonyl (C=O) groups is 1. The Morgan fingerprint density at radius 1 is 1.55 bits per heavy atom. The lowest BCUT2D eigenvalue weighted by molar-refractivity contribution is 0.0928. The van der Waals surface area contributed by atoms with E-state index in [4.69, 9.17) is 0 Å². The molecule has 5 heteroatoms. The zero-order valence-corrected chi connectivity index (χ0v) is 12.2. The Morgan fingerprint density at radius 3 is 3.00 bits per heavy atom. The van der Waals surface area contributed by atoms with Crippen LogP contribution in [0.4, 0.5) is 0 Å². The minimum atomic E-state index is -0.262. The lowest BCUT2D eigenvalue weighted by Crippen LogP contribution is -2.47. The van der Waals surface area contributed by atoms with Gasteiger partial charge in [0.2, 0.25) is 0 Å². The fraction of sp³-hybridized carbons (Fsp3) is 0.600. The molecule has 0 spiro atoms. The summed E-state index contributed by atoms with van der Waals surface area (Å²) >= 11 is 0. The van der Waals surface area contributed by atoms with Crippen molar-refractivity contribution in [3.63, 3.8) is 0 Å². The van der Waals surface area contributed by atoms with Gasteiger partial charge >= 0.3 is 0 Å². The second kappa shape index (κ2) is 6.70. The number of carbonyl (C=O) groups excluding carboxylic acids is 1. The van der Waals surface area contributed by atoms with Crippen LogP contribution in [-0.2, 0) is 6.54 Å². The van der Waals surface area contributed by atoms with Gasteiger partial charge in [-0.15, -0.1) is 0 Å².